The maximum atomic E-state index is 12.8. The summed E-state index contributed by atoms with van der Waals surface area (Å²) < 4.78 is 2.42. The molecule has 1 aliphatic carbocycles. The predicted octanol–water partition coefficient (Wildman–Crippen LogP) is 3.61. The predicted molar refractivity (Wildman–Crippen MR) is 147 cm³/mol. The molecule has 2 aromatic heterocycles. The molecule has 1 saturated heterocycles. The lowest BCUT2D eigenvalue weighted by Crippen LogP contribution is -2.48. The molecule has 0 bridgehead atoms. The number of piperazine rings is 1. The zero-order valence-electron chi connectivity index (χ0n) is 23.0. The SMILES string of the molecule is CCC(C)C(=O)NCc1c(CN(C)[C@H]2CCCc3cccnc32)nc2n1C(N1CCN(C)CC1)CC=C2. The lowest BCUT2D eigenvalue weighted by molar-refractivity contribution is -0.124. The van der Waals surface area contributed by atoms with Gasteiger partial charge in [0, 0.05) is 51.3 Å². The molecule has 37 heavy (non-hydrogen) atoms. The average molecular weight is 506 g/mol. The van der Waals surface area contributed by atoms with Gasteiger partial charge in [-0.25, -0.2) is 4.98 Å². The van der Waals surface area contributed by atoms with Gasteiger partial charge < -0.3 is 14.8 Å². The van der Waals surface area contributed by atoms with Crippen LogP contribution in [0.5, 0.6) is 0 Å². The molecule has 8 heteroatoms. The minimum Gasteiger partial charge on any atom is -0.350 e. The first-order valence-corrected chi connectivity index (χ1v) is 14.1. The van der Waals surface area contributed by atoms with Crippen LogP contribution in [0.1, 0.15) is 80.2 Å². The van der Waals surface area contributed by atoms with Gasteiger partial charge in [-0.15, -0.1) is 0 Å². The zero-order valence-corrected chi connectivity index (χ0v) is 23.0. The van der Waals surface area contributed by atoms with Crippen molar-refractivity contribution < 1.29 is 4.79 Å². The smallest absolute Gasteiger partial charge is 0.223 e. The first kappa shape index (κ1) is 26.1. The molecule has 0 spiro atoms. The number of pyridine rings is 1. The van der Waals surface area contributed by atoms with Crippen molar-refractivity contribution in [2.24, 2.45) is 5.92 Å². The minimum absolute atomic E-state index is 0.00742. The van der Waals surface area contributed by atoms with Gasteiger partial charge in [0.15, 0.2) is 0 Å². The van der Waals surface area contributed by atoms with Crippen molar-refractivity contribution in [3.63, 3.8) is 0 Å². The highest BCUT2D eigenvalue weighted by Gasteiger charge is 2.32. The standard InChI is InChI=1S/C29H43N7O/c1-5-21(2)29(37)31-19-25-23(20-34(4)24-11-6-9-22-10-8-14-30-28(22)24)32-26-12-7-13-27(36(25)26)35-17-15-33(3)16-18-35/h7-8,10,12,14,21,24,27H,5-6,9,11,13,15-20H2,1-4H3,(H,31,37)/t21?,24-,27?/m0/s1. The highest BCUT2D eigenvalue weighted by Crippen LogP contribution is 2.35. The molecular weight excluding hydrogens is 462 g/mol. The molecule has 0 saturated carbocycles. The van der Waals surface area contributed by atoms with Crippen LogP contribution in [0, 0.1) is 5.92 Å². The third-order valence-electron chi connectivity index (χ3n) is 8.58. The van der Waals surface area contributed by atoms with E-state index < -0.39 is 0 Å². The summed E-state index contributed by atoms with van der Waals surface area (Å²) >= 11 is 0. The second-order valence-corrected chi connectivity index (χ2v) is 11.1. The van der Waals surface area contributed by atoms with E-state index >= 15 is 0 Å². The highest BCUT2D eigenvalue weighted by atomic mass is 16.1. The number of imidazole rings is 1. The number of fused-ring (bicyclic) bond motifs is 2. The second kappa shape index (κ2) is 11.5. The number of hydrogen-bond acceptors (Lipinski definition) is 6. The fraction of sp³-hybridized carbons (Fsp3) is 0.621. The van der Waals surface area contributed by atoms with E-state index in [9.17, 15) is 4.79 Å². The van der Waals surface area contributed by atoms with Crippen molar-refractivity contribution in [1.82, 2.24) is 34.6 Å². The maximum absolute atomic E-state index is 12.8. The topological polar surface area (TPSA) is 69.5 Å². The number of nitrogens with one attached hydrogen (secondary N) is 1. The van der Waals surface area contributed by atoms with E-state index in [1.165, 1.54) is 17.7 Å². The lowest BCUT2D eigenvalue weighted by Gasteiger charge is -2.40. The van der Waals surface area contributed by atoms with Crippen molar-refractivity contribution in [1.29, 1.82) is 0 Å². The van der Waals surface area contributed by atoms with Gasteiger partial charge in [-0.2, -0.15) is 0 Å². The Labute approximate surface area is 221 Å². The van der Waals surface area contributed by atoms with Gasteiger partial charge in [-0.3, -0.25) is 19.6 Å². The second-order valence-electron chi connectivity index (χ2n) is 11.1. The van der Waals surface area contributed by atoms with Crippen LogP contribution >= 0.6 is 0 Å². The Morgan fingerprint density at radius 3 is 2.86 bits per heavy atom. The lowest BCUT2D eigenvalue weighted by atomic mass is 9.91. The van der Waals surface area contributed by atoms with Crippen molar-refractivity contribution in [2.75, 3.05) is 40.3 Å². The monoisotopic (exact) mass is 505 g/mol. The molecule has 4 heterocycles. The van der Waals surface area contributed by atoms with E-state index in [0.717, 1.165) is 75.6 Å². The van der Waals surface area contributed by atoms with Crippen LogP contribution in [0.3, 0.4) is 0 Å². The van der Waals surface area contributed by atoms with Crippen molar-refractivity contribution in [2.45, 2.75) is 71.2 Å². The van der Waals surface area contributed by atoms with Crippen LogP contribution in [0.15, 0.2) is 24.4 Å². The van der Waals surface area contributed by atoms with E-state index in [1.807, 2.05) is 19.2 Å². The number of carbonyl (C=O) groups is 1. The number of amides is 1. The summed E-state index contributed by atoms with van der Waals surface area (Å²) in [5, 5.41) is 3.24. The molecule has 0 aromatic carbocycles. The number of carbonyl (C=O) groups excluding carboxylic acids is 1. The first-order chi connectivity index (χ1) is 18.0. The number of rotatable bonds is 8. The Kier molecular flexibility index (Phi) is 8.07. The molecule has 8 nitrogen and oxygen atoms in total. The van der Waals surface area contributed by atoms with Gasteiger partial charge >= 0.3 is 0 Å². The molecule has 5 rings (SSSR count). The van der Waals surface area contributed by atoms with Gasteiger partial charge in [0.1, 0.15) is 5.82 Å². The van der Waals surface area contributed by atoms with Crippen LogP contribution in [-0.2, 0) is 24.3 Å². The number of likely N-dealkylation sites (N-methyl/N-ethyl adjacent to an activating group) is 1. The van der Waals surface area contributed by atoms with Crippen LogP contribution in [0.25, 0.3) is 6.08 Å². The summed E-state index contributed by atoms with van der Waals surface area (Å²) in [6.45, 7) is 9.56. The molecule has 3 atom stereocenters. The largest absolute Gasteiger partial charge is 0.350 e. The van der Waals surface area contributed by atoms with E-state index in [0.29, 0.717) is 6.54 Å². The fourth-order valence-corrected chi connectivity index (χ4v) is 6.02. The number of aromatic nitrogens is 3. The van der Waals surface area contributed by atoms with Gasteiger partial charge in [-0.05, 0) is 57.5 Å². The van der Waals surface area contributed by atoms with Crippen molar-refractivity contribution in [3.8, 4) is 0 Å². The quantitative estimate of drug-likeness (QED) is 0.591. The molecule has 0 radical (unpaired) electrons. The molecule has 2 aliphatic heterocycles. The Morgan fingerprint density at radius 2 is 2.08 bits per heavy atom. The van der Waals surface area contributed by atoms with Crippen LogP contribution in [0.2, 0.25) is 0 Å². The normalized spacial score (nSPS) is 23.1. The van der Waals surface area contributed by atoms with Crippen molar-refractivity contribution >= 4 is 12.0 Å². The Bertz CT molecular complexity index is 1120. The van der Waals surface area contributed by atoms with Crippen LogP contribution in [0.4, 0.5) is 0 Å². The number of aryl methyl sites for hydroxylation is 1. The summed E-state index contributed by atoms with van der Waals surface area (Å²) in [5.74, 6) is 1.13. The van der Waals surface area contributed by atoms with Gasteiger partial charge in [-0.1, -0.05) is 26.0 Å². The highest BCUT2D eigenvalue weighted by molar-refractivity contribution is 5.78. The zero-order chi connectivity index (χ0) is 25.9. The molecule has 1 N–H and O–H groups in total. The van der Waals surface area contributed by atoms with E-state index in [-0.39, 0.29) is 24.0 Å². The van der Waals surface area contributed by atoms with Gasteiger partial charge in [0.2, 0.25) is 5.91 Å². The Hall–Kier alpha value is -2.55. The molecule has 1 amide bonds. The van der Waals surface area contributed by atoms with Crippen molar-refractivity contribution in [3.05, 3.63) is 52.9 Å². The Morgan fingerprint density at radius 1 is 1.27 bits per heavy atom. The molecule has 1 fully saturated rings. The maximum Gasteiger partial charge on any atom is 0.223 e. The van der Waals surface area contributed by atoms with Gasteiger partial charge in [0.05, 0.1) is 35.8 Å². The Balaban J connectivity index is 1.44. The summed E-state index contributed by atoms with van der Waals surface area (Å²) in [4.78, 5) is 30.1. The molecule has 3 aliphatic rings. The van der Waals surface area contributed by atoms with Crippen LogP contribution < -0.4 is 5.32 Å². The molecule has 2 aromatic rings. The fourth-order valence-electron chi connectivity index (χ4n) is 6.02. The minimum atomic E-state index is 0.00742. The number of nitrogens with zero attached hydrogens (tertiary/aromatic N) is 6. The summed E-state index contributed by atoms with van der Waals surface area (Å²) in [7, 11) is 4.39. The average Bonchev–Trinajstić information content (AvgIpc) is 3.28. The molecule has 200 valence electrons. The summed E-state index contributed by atoms with van der Waals surface area (Å²) in [6.07, 6.45) is 11.8. The van der Waals surface area contributed by atoms with E-state index in [4.69, 9.17) is 9.97 Å². The molecule has 2 unspecified atom stereocenters. The summed E-state index contributed by atoms with van der Waals surface area (Å²) in [6, 6.07) is 4.56. The van der Waals surface area contributed by atoms with E-state index in [2.05, 4.69) is 63.8 Å². The molecular formula is C29H43N7O. The third-order valence-corrected chi connectivity index (χ3v) is 8.58. The third kappa shape index (κ3) is 5.52. The van der Waals surface area contributed by atoms with Gasteiger partial charge in [0.25, 0.3) is 0 Å². The number of hydrogen-bond donors (Lipinski definition) is 1. The van der Waals surface area contributed by atoms with Crippen LogP contribution in [-0.4, -0.2) is 75.4 Å². The van der Waals surface area contributed by atoms with E-state index in [1.54, 1.807) is 0 Å². The first-order valence-electron chi connectivity index (χ1n) is 14.1. The summed E-state index contributed by atoms with van der Waals surface area (Å²) in [5.41, 5.74) is 4.79.